The zero-order valence-electron chi connectivity index (χ0n) is 14.8. The second-order valence-corrected chi connectivity index (χ2v) is 6.63. The molecule has 2 aromatic rings. The van der Waals surface area contributed by atoms with E-state index in [-0.39, 0.29) is 18.4 Å². The Hall–Kier alpha value is -1.85. The van der Waals surface area contributed by atoms with Crippen LogP contribution >= 0.6 is 0 Å². The molecule has 1 aromatic heterocycles. The number of carbonyl (C=O) groups excluding carboxylic acids is 1. The van der Waals surface area contributed by atoms with Gasteiger partial charge in [0.15, 0.2) is 0 Å². The third kappa shape index (κ3) is 2.82. The molecule has 1 aromatic carbocycles. The van der Waals surface area contributed by atoms with Crippen LogP contribution in [0.15, 0.2) is 16.7 Å². The number of aliphatic hydroxyl groups is 1. The maximum atomic E-state index is 12.8. The first-order chi connectivity index (χ1) is 11.4. The number of ether oxygens (including phenoxy) is 1. The van der Waals surface area contributed by atoms with Crippen molar-refractivity contribution in [2.45, 2.75) is 46.3 Å². The standard InChI is InChI=1S/C19H25NO4/c1-5-20(15-9-23-10-16(15)21)17(22)7-14-8-24-19-13(4)11(2)6-12(3)18(14)19/h6,8,15-16,21H,5,7,9-10H2,1-4H3/t15-,16-/m1/s1. The highest BCUT2D eigenvalue weighted by molar-refractivity contribution is 5.92. The van der Waals surface area contributed by atoms with E-state index in [1.54, 1.807) is 11.2 Å². The average Bonchev–Trinajstić information content (AvgIpc) is 3.13. The lowest BCUT2D eigenvalue weighted by molar-refractivity contribution is -0.134. The highest BCUT2D eigenvalue weighted by Gasteiger charge is 2.33. The minimum Gasteiger partial charge on any atom is -0.464 e. The molecule has 0 radical (unpaired) electrons. The number of nitrogens with zero attached hydrogens (tertiary/aromatic N) is 1. The summed E-state index contributed by atoms with van der Waals surface area (Å²) in [5.74, 6) is -0.00706. The van der Waals surface area contributed by atoms with Crippen LogP contribution < -0.4 is 0 Å². The quantitative estimate of drug-likeness (QED) is 0.935. The Morgan fingerprint density at radius 1 is 1.29 bits per heavy atom. The van der Waals surface area contributed by atoms with Crippen LogP contribution in [0.3, 0.4) is 0 Å². The highest BCUT2D eigenvalue weighted by Crippen LogP contribution is 2.30. The van der Waals surface area contributed by atoms with Gasteiger partial charge in [0.25, 0.3) is 0 Å². The van der Waals surface area contributed by atoms with Gasteiger partial charge in [-0.1, -0.05) is 6.07 Å². The smallest absolute Gasteiger partial charge is 0.227 e. The summed E-state index contributed by atoms with van der Waals surface area (Å²) in [6, 6.07) is 1.87. The third-order valence-corrected chi connectivity index (χ3v) is 5.05. The molecule has 3 rings (SSSR count). The lowest BCUT2D eigenvalue weighted by Crippen LogP contribution is -2.47. The maximum absolute atomic E-state index is 12.8. The van der Waals surface area contributed by atoms with Crippen LogP contribution in [0.2, 0.25) is 0 Å². The Morgan fingerprint density at radius 3 is 2.67 bits per heavy atom. The Balaban J connectivity index is 1.89. The zero-order chi connectivity index (χ0) is 17.4. The molecule has 1 N–H and O–H groups in total. The Morgan fingerprint density at radius 2 is 2.04 bits per heavy atom. The number of aryl methyl sites for hydroxylation is 3. The predicted molar refractivity (Wildman–Crippen MR) is 92.1 cm³/mol. The van der Waals surface area contributed by atoms with Gasteiger partial charge in [-0.15, -0.1) is 0 Å². The molecule has 5 heteroatoms. The van der Waals surface area contributed by atoms with E-state index < -0.39 is 6.10 Å². The van der Waals surface area contributed by atoms with Crippen molar-refractivity contribution in [2.24, 2.45) is 0 Å². The molecule has 1 saturated heterocycles. The number of aliphatic hydroxyl groups excluding tert-OH is 1. The molecule has 130 valence electrons. The van der Waals surface area contributed by atoms with Crippen LogP contribution in [-0.2, 0) is 16.0 Å². The summed E-state index contributed by atoms with van der Waals surface area (Å²) < 4.78 is 11.1. The molecular formula is C19H25NO4. The average molecular weight is 331 g/mol. The van der Waals surface area contributed by atoms with E-state index >= 15 is 0 Å². The van der Waals surface area contributed by atoms with E-state index in [1.165, 1.54) is 5.56 Å². The maximum Gasteiger partial charge on any atom is 0.227 e. The Bertz CT molecular complexity index is 764. The summed E-state index contributed by atoms with van der Waals surface area (Å²) in [7, 11) is 0. The van der Waals surface area contributed by atoms with Gasteiger partial charge in [0.05, 0.1) is 38.0 Å². The van der Waals surface area contributed by atoms with Crippen molar-refractivity contribution in [3.05, 3.63) is 34.6 Å². The normalized spacial score (nSPS) is 20.7. The van der Waals surface area contributed by atoms with Gasteiger partial charge in [0.1, 0.15) is 5.58 Å². The van der Waals surface area contributed by atoms with Crippen molar-refractivity contribution in [2.75, 3.05) is 19.8 Å². The first-order valence-corrected chi connectivity index (χ1v) is 8.46. The molecule has 1 aliphatic heterocycles. The Kier molecular flexibility index (Phi) is 4.65. The van der Waals surface area contributed by atoms with E-state index in [0.717, 1.165) is 27.7 Å². The van der Waals surface area contributed by atoms with Gasteiger partial charge >= 0.3 is 0 Å². The van der Waals surface area contributed by atoms with Crippen molar-refractivity contribution in [1.82, 2.24) is 4.90 Å². The molecule has 0 spiro atoms. The largest absolute Gasteiger partial charge is 0.464 e. The summed E-state index contributed by atoms with van der Waals surface area (Å²) in [5, 5.41) is 11.0. The van der Waals surface area contributed by atoms with Crippen LogP contribution in [0.25, 0.3) is 11.0 Å². The minimum atomic E-state index is -0.610. The van der Waals surface area contributed by atoms with Crippen LogP contribution in [0, 0.1) is 20.8 Å². The van der Waals surface area contributed by atoms with Crippen LogP contribution in [0.1, 0.15) is 29.2 Å². The fraction of sp³-hybridized carbons (Fsp3) is 0.526. The summed E-state index contributed by atoms with van der Waals surface area (Å²) in [6.07, 6.45) is 1.35. The van der Waals surface area contributed by atoms with E-state index in [0.29, 0.717) is 19.8 Å². The van der Waals surface area contributed by atoms with Crippen molar-refractivity contribution in [1.29, 1.82) is 0 Å². The predicted octanol–water partition coefficient (Wildman–Crippen LogP) is 2.51. The lowest BCUT2D eigenvalue weighted by Gasteiger charge is -2.28. The van der Waals surface area contributed by atoms with E-state index in [1.807, 2.05) is 20.8 Å². The van der Waals surface area contributed by atoms with Crippen molar-refractivity contribution >= 4 is 16.9 Å². The molecule has 24 heavy (non-hydrogen) atoms. The van der Waals surface area contributed by atoms with Gasteiger partial charge in [-0.05, 0) is 44.4 Å². The molecular weight excluding hydrogens is 306 g/mol. The summed E-state index contributed by atoms with van der Waals surface area (Å²) >= 11 is 0. The number of fused-ring (bicyclic) bond motifs is 1. The molecule has 1 fully saturated rings. The van der Waals surface area contributed by atoms with Gasteiger partial charge < -0.3 is 19.2 Å². The van der Waals surface area contributed by atoms with E-state index in [9.17, 15) is 9.90 Å². The summed E-state index contributed by atoms with van der Waals surface area (Å²) in [4.78, 5) is 14.5. The van der Waals surface area contributed by atoms with Gasteiger partial charge in [0, 0.05) is 17.5 Å². The molecule has 1 amide bonds. The van der Waals surface area contributed by atoms with Crippen LogP contribution in [0.5, 0.6) is 0 Å². The second kappa shape index (κ2) is 6.57. The number of likely N-dealkylation sites (N-methyl/N-ethyl adjacent to an activating group) is 1. The van der Waals surface area contributed by atoms with Gasteiger partial charge in [-0.25, -0.2) is 0 Å². The lowest BCUT2D eigenvalue weighted by atomic mass is 9.98. The topological polar surface area (TPSA) is 62.9 Å². The van der Waals surface area contributed by atoms with E-state index in [2.05, 4.69) is 13.0 Å². The van der Waals surface area contributed by atoms with Gasteiger partial charge in [-0.3, -0.25) is 4.79 Å². The molecule has 0 saturated carbocycles. The molecule has 2 atom stereocenters. The molecule has 0 bridgehead atoms. The second-order valence-electron chi connectivity index (χ2n) is 6.63. The number of benzene rings is 1. The summed E-state index contributed by atoms with van der Waals surface area (Å²) in [6.45, 7) is 9.31. The van der Waals surface area contributed by atoms with Crippen LogP contribution in [-0.4, -0.2) is 47.8 Å². The third-order valence-electron chi connectivity index (χ3n) is 5.05. The number of hydrogen-bond acceptors (Lipinski definition) is 4. The number of furan rings is 1. The SMILES string of the molecule is CCN(C(=O)Cc1coc2c(C)c(C)cc(C)c12)[C@@H]1COC[C@H]1O. The minimum absolute atomic E-state index is 0.00706. The number of carbonyl (C=O) groups is 1. The molecule has 0 unspecified atom stereocenters. The molecule has 5 nitrogen and oxygen atoms in total. The van der Waals surface area contributed by atoms with Crippen molar-refractivity contribution in [3.63, 3.8) is 0 Å². The Labute approximate surface area is 142 Å². The van der Waals surface area contributed by atoms with Crippen LogP contribution in [0.4, 0.5) is 0 Å². The number of amides is 1. The van der Waals surface area contributed by atoms with Gasteiger partial charge in [0.2, 0.25) is 5.91 Å². The fourth-order valence-corrected chi connectivity index (χ4v) is 3.61. The number of rotatable bonds is 4. The first kappa shape index (κ1) is 17.0. The highest BCUT2D eigenvalue weighted by atomic mass is 16.5. The number of hydrogen-bond donors (Lipinski definition) is 1. The fourth-order valence-electron chi connectivity index (χ4n) is 3.61. The molecule has 2 heterocycles. The van der Waals surface area contributed by atoms with E-state index in [4.69, 9.17) is 9.15 Å². The first-order valence-electron chi connectivity index (χ1n) is 8.46. The molecule has 1 aliphatic rings. The van der Waals surface area contributed by atoms with Gasteiger partial charge in [-0.2, -0.15) is 0 Å². The zero-order valence-corrected chi connectivity index (χ0v) is 14.8. The van der Waals surface area contributed by atoms with Crippen molar-refractivity contribution < 1.29 is 19.1 Å². The summed E-state index contributed by atoms with van der Waals surface area (Å²) in [5.41, 5.74) is 5.19. The monoisotopic (exact) mass is 331 g/mol. The van der Waals surface area contributed by atoms with Crippen molar-refractivity contribution in [3.8, 4) is 0 Å². The molecule has 0 aliphatic carbocycles.